The van der Waals surface area contributed by atoms with Crippen LogP contribution in [0.2, 0.25) is 0 Å². The Balaban J connectivity index is 2.29. The zero-order chi connectivity index (χ0) is 15.6. The number of sulfonamides is 1. The van der Waals surface area contributed by atoms with Crippen LogP contribution in [0.5, 0.6) is 0 Å². The number of likely N-dealkylation sites (N-methyl/N-ethyl adjacent to an activating group) is 1. The molecule has 0 spiro atoms. The van der Waals surface area contributed by atoms with Crippen LogP contribution >= 0.6 is 0 Å². The van der Waals surface area contributed by atoms with E-state index in [0.29, 0.717) is 18.8 Å². The van der Waals surface area contributed by atoms with E-state index in [0.717, 1.165) is 12.8 Å². The van der Waals surface area contributed by atoms with E-state index in [-0.39, 0.29) is 16.8 Å². The molecule has 1 aliphatic heterocycles. The fourth-order valence-corrected chi connectivity index (χ4v) is 4.17. The molecule has 0 saturated carbocycles. The van der Waals surface area contributed by atoms with Crippen molar-refractivity contribution in [1.82, 2.24) is 19.5 Å². The lowest BCUT2D eigenvalue weighted by Crippen LogP contribution is -2.46. The summed E-state index contributed by atoms with van der Waals surface area (Å²) in [6.07, 6.45) is 3.30. The molecule has 118 valence electrons. The van der Waals surface area contributed by atoms with Gasteiger partial charge in [-0.3, -0.25) is 4.79 Å². The average molecular weight is 314 g/mol. The maximum Gasteiger partial charge on any atom is 0.267 e. The Bertz CT molecular complexity index is 623. The molecule has 1 aromatic rings. The molecule has 8 heteroatoms. The highest BCUT2D eigenvalue weighted by Crippen LogP contribution is 2.22. The predicted octanol–water partition coefficient (Wildman–Crippen LogP) is -0.243. The van der Waals surface area contributed by atoms with Crippen molar-refractivity contribution >= 4 is 15.9 Å². The Morgan fingerprint density at radius 1 is 1.38 bits per heavy atom. The maximum absolute atomic E-state index is 12.7. The monoisotopic (exact) mass is 314 g/mol. The first-order valence-corrected chi connectivity index (χ1v) is 8.40. The molecule has 1 aliphatic rings. The van der Waals surface area contributed by atoms with Gasteiger partial charge in [-0.2, -0.15) is 4.31 Å². The fourth-order valence-electron chi connectivity index (χ4n) is 2.57. The minimum absolute atomic E-state index is 0.167. The van der Waals surface area contributed by atoms with Gasteiger partial charge in [0, 0.05) is 39.4 Å². The lowest BCUT2D eigenvalue weighted by atomic mass is 10.1. The lowest BCUT2D eigenvalue weighted by molar-refractivity contribution is 0.0955. The van der Waals surface area contributed by atoms with Crippen molar-refractivity contribution in [3.63, 3.8) is 0 Å². The summed E-state index contributed by atoms with van der Waals surface area (Å²) in [7, 11) is 1.47. The lowest BCUT2D eigenvalue weighted by Gasteiger charge is -2.31. The van der Waals surface area contributed by atoms with Gasteiger partial charge in [0.05, 0.1) is 0 Å². The number of carbonyl (C=O) groups excluding carboxylic acids is 1. The molecule has 1 saturated heterocycles. The van der Waals surface area contributed by atoms with Crippen molar-refractivity contribution in [1.29, 1.82) is 0 Å². The molecule has 0 radical (unpaired) electrons. The van der Waals surface area contributed by atoms with Gasteiger partial charge in [-0.25, -0.2) is 8.42 Å². The van der Waals surface area contributed by atoms with E-state index in [1.54, 1.807) is 7.05 Å². The highest BCUT2D eigenvalue weighted by Gasteiger charge is 2.31. The summed E-state index contributed by atoms with van der Waals surface area (Å²) in [5.74, 6) is -0.300. The highest BCUT2D eigenvalue weighted by atomic mass is 32.2. The normalized spacial score (nSPS) is 20.4. The molecule has 21 heavy (non-hydrogen) atoms. The topological polar surface area (TPSA) is 83.4 Å². The summed E-state index contributed by atoms with van der Waals surface area (Å²) in [5, 5.41) is 5.63. The summed E-state index contributed by atoms with van der Waals surface area (Å²) in [4.78, 5) is 11.9. The van der Waals surface area contributed by atoms with Crippen LogP contribution in [0.4, 0.5) is 0 Å². The molecule has 0 bridgehead atoms. The third-order valence-corrected chi connectivity index (χ3v) is 5.70. The molecule has 7 nitrogen and oxygen atoms in total. The van der Waals surface area contributed by atoms with Crippen LogP contribution in [0.3, 0.4) is 0 Å². The first-order valence-electron chi connectivity index (χ1n) is 6.96. The number of aryl methyl sites for hydroxylation is 1. The molecular formula is C13H22N4O3S. The third-order valence-electron chi connectivity index (χ3n) is 3.87. The molecule has 1 atom stereocenters. The number of nitrogens with zero attached hydrogens (tertiary/aromatic N) is 2. The van der Waals surface area contributed by atoms with E-state index in [9.17, 15) is 13.2 Å². The summed E-state index contributed by atoms with van der Waals surface area (Å²) in [6, 6.07) is 1.60. The number of carbonyl (C=O) groups is 1. The summed E-state index contributed by atoms with van der Waals surface area (Å²) >= 11 is 0. The van der Waals surface area contributed by atoms with Gasteiger partial charge in [0.1, 0.15) is 10.6 Å². The summed E-state index contributed by atoms with van der Waals surface area (Å²) in [5.41, 5.74) is 0.332. The van der Waals surface area contributed by atoms with Crippen molar-refractivity contribution < 1.29 is 13.2 Å². The Kier molecular flexibility index (Phi) is 4.70. The standard InChI is InChI=1S/C13H22N4O3S/c1-14-10-5-4-6-17(8-10)21(19,20)11-7-12(13(18)15-2)16(3)9-11/h7,9-10,14H,4-6,8H2,1-3H3,(H,15,18). The molecular weight excluding hydrogens is 292 g/mol. The zero-order valence-corrected chi connectivity index (χ0v) is 13.4. The smallest absolute Gasteiger partial charge is 0.267 e. The van der Waals surface area contributed by atoms with E-state index < -0.39 is 10.0 Å². The van der Waals surface area contributed by atoms with E-state index in [4.69, 9.17) is 0 Å². The van der Waals surface area contributed by atoms with Gasteiger partial charge >= 0.3 is 0 Å². The quantitative estimate of drug-likeness (QED) is 0.803. The summed E-state index contributed by atoms with van der Waals surface area (Å²) < 4.78 is 28.4. The van der Waals surface area contributed by atoms with Crippen LogP contribution in [-0.4, -0.2) is 56.4 Å². The van der Waals surface area contributed by atoms with Crippen LogP contribution in [0.15, 0.2) is 17.2 Å². The first-order chi connectivity index (χ1) is 9.90. The molecule has 1 fully saturated rings. The largest absolute Gasteiger partial charge is 0.354 e. The molecule has 2 heterocycles. The number of hydrogen-bond acceptors (Lipinski definition) is 4. The number of hydrogen-bond donors (Lipinski definition) is 2. The number of nitrogens with one attached hydrogen (secondary N) is 2. The van der Waals surface area contributed by atoms with Crippen molar-refractivity contribution in [3.8, 4) is 0 Å². The van der Waals surface area contributed by atoms with Crippen LogP contribution in [0, 0.1) is 0 Å². The van der Waals surface area contributed by atoms with Crippen LogP contribution < -0.4 is 10.6 Å². The van der Waals surface area contributed by atoms with E-state index in [2.05, 4.69) is 10.6 Å². The molecule has 1 unspecified atom stereocenters. The summed E-state index contributed by atoms with van der Waals surface area (Å²) in [6.45, 7) is 0.980. The van der Waals surface area contributed by atoms with Gasteiger partial charge in [-0.05, 0) is 26.0 Å². The zero-order valence-electron chi connectivity index (χ0n) is 12.6. The van der Waals surface area contributed by atoms with Crippen LogP contribution in [0.1, 0.15) is 23.3 Å². The molecule has 2 N–H and O–H groups in total. The SMILES string of the molecule is CNC(=O)c1cc(S(=O)(=O)N2CCCC(NC)C2)cn1C. The Hall–Kier alpha value is -1.38. The highest BCUT2D eigenvalue weighted by molar-refractivity contribution is 7.89. The second kappa shape index (κ2) is 6.17. The number of rotatable bonds is 4. The molecule has 1 amide bonds. The third kappa shape index (κ3) is 3.12. The van der Waals surface area contributed by atoms with Crippen molar-refractivity contribution in [3.05, 3.63) is 18.0 Å². The van der Waals surface area contributed by atoms with Gasteiger partial charge < -0.3 is 15.2 Å². The molecule has 1 aromatic heterocycles. The van der Waals surface area contributed by atoms with Gasteiger partial charge in [0.15, 0.2) is 0 Å². The molecule has 2 rings (SSSR count). The van der Waals surface area contributed by atoms with E-state index >= 15 is 0 Å². The van der Waals surface area contributed by atoms with Crippen LogP contribution in [0.25, 0.3) is 0 Å². The van der Waals surface area contributed by atoms with Gasteiger partial charge in [0.2, 0.25) is 10.0 Å². The first kappa shape index (κ1) is 16.0. The number of amides is 1. The van der Waals surface area contributed by atoms with Crippen LogP contribution in [-0.2, 0) is 17.1 Å². The van der Waals surface area contributed by atoms with Gasteiger partial charge in [-0.1, -0.05) is 0 Å². The molecule has 0 aromatic carbocycles. The van der Waals surface area contributed by atoms with Crippen molar-refractivity contribution in [2.45, 2.75) is 23.8 Å². The second-order valence-corrected chi connectivity index (χ2v) is 7.18. The number of aromatic nitrogens is 1. The van der Waals surface area contributed by atoms with E-state index in [1.807, 2.05) is 7.05 Å². The minimum Gasteiger partial charge on any atom is -0.354 e. The van der Waals surface area contributed by atoms with Crippen molar-refractivity contribution in [2.24, 2.45) is 7.05 Å². The Morgan fingerprint density at radius 3 is 2.71 bits per heavy atom. The minimum atomic E-state index is -3.56. The second-order valence-electron chi connectivity index (χ2n) is 5.24. The number of piperidine rings is 1. The average Bonchev–Trinajstić information content (AvgIpc) is 2.89. The van der Waals surface area contributed by atoms with Gasteiger partial charge in [-0.15, -0.1) is 0 Å². The van der Waals surface area contributed by atoms with E-state index in [1.165, 1.54) is 28.2 Å². The Labute approximate surface area is 125 Å². The fraction of sp³-hybridized carbons (Fsp3) is 0.615. The Morgan fingerprint density at radius 2 is 2.10 bits per heavy atom. The predicted molar refractivity (Wildman–Crippen MR) is 79.6 cm³/mol. The van der Waals surface area contributed by atoms with Crippen molar-refractivity contribution in [2.75, 3.05) is 27.2 Å². The van der Waals surface area contributed by atoms with Gasteiger partial charge in [0.25, 0.3) is 5.91 Å². The molecule has 0 aliphatic carbocycles. The maximum atomic E-state index is 12.7.